The lowest BCUT2D eigenvalue weighted by molar-refractivity contribution is 0.467. The molecule has 1 aromatic carbocycles. The topological polar surface area (TPSA) is 12.0 Å². The summed E-state index contributed by atoms with van der Waals surface area (Å²) >= 11 is 0. The second kappa shape index (κ2) is 6.57. The van der Waals surface area contributed by atoms with E-state index in [0.717, 1.165) is 25.9 Å². The number of benzene rings is 1. The van der Waals surface area contributed by atoms with Crippen LogP contribution < -0.4 is 5.32 Å². The monoisotopic (exact) mass is 209 g/mol. The first kappa shape index (κ1) is 12.2. The van der Waals surface area contributed by atoms with E-state index in [0.29, 0.717) is 5.92 Å². The molecule has 2 heteroatoms. The summed E-state index contributed by atoms with van der Waals surface area (Å²) in [6.07, 6.45) is 2.19. The maximum absolute atomic E-state index is 12.7. The molecule has 0 spiro atoms. The van der Waals surface area contributed by atoms with Gasteiger partial charge in [0.2, 0.25) is 0 Å². The van der Waals surface area contributed by atoms with Gasteiger partial charge in [0.1, 0.15) is 5.82 Å². The normalized spacial score (nSPS) is 12.7. The van der Waals surface area contributed by atoms with E-state index in [1.54, 1.807) is 0 Å². The van der Waals surface area contributed by atoms with Crippen LogP contribution in [-0.2, 0) is 6.42 Å². The van der Waals surface area contributed by atoms with Gasteiger partial charge in [-0.3, -0.25) is 0 Å². The largest absolute Gasteiger partial charge is 0.317 e. The SMILES string of the molecule is CCNCC(CC)Cc1ccc(F)cc1. The molecule has 1 atom stereocenters. The number of hydrogen-bond acceptors (Lipinski definition) is 1. The number of rotatable bonds is 6. The Kier molecular flexibility index (Phi) is 5.33. The molecule has 0 heterocycles. The van der Waals surface area contributed by atoms with Gasteiger partial charge in [0.05, 0.1) is 0 Å². The number of hydrogen-bond donors (Lipinski definition) is 1. The molecule has 0 aromatic heterocycles. The van der Waals surface area contributed by atoms with Gasteiger partial charge in [0, 0.05) is 0 Å². The van der Waals surface area contributed by atoms with Crippen molar-refractivity contribution in [2.45, 2.75) is 26.7 Å². The van der Waals surface area contributed by atoms with Crippen molar-refractivity contribution in [1.82, 2.24) is 5.32 Å². The molecule has 0 bridgehead atoms. The van der Waals surface area contributed by atoms with Crippen molar-refractivity contribution in [2.75, 3.05) is 13.1 Å². The number of nitrogens with one attached hydrogen (secondary N) is 1. The smallest absolute Gasteiger partial charge is 0.123 e. The second-order valence-electron chi connectivity index (χ2n) is 3.91. The zero-order valence-corrected chi connectivity index (χ0v) is 9.59. The van der Waals surface area contributed by atoms with Gasteiger partial charge < -0.3 is 5.32 Å². The lowest BCUT2D eigenvalue weighted by atomic mass is 9.97. The first-order chi connectivity index (χ1) is 7.26. The average Bonchev–Trinajstić information content (AvgIpc) is 2.27. The fourth-order valence-electron chi connectivity index (χ4n) is 1.66. The maximum atomic E-state index is 12.7. The van der Waals surface area contributed by atoms with Gasteiger partial charge >= 0.3 is 0 Å². The Hall–Kier alpha value is -0.890. The third-order valence-corrected chi connectivity index (χ3v) is 2.70. The van der Waals surface area contributed by atoms with E-state index in [2.05, 4.69) is 19.2 Å². The summed E-state index contributed by atoms with van der Waals surface area (Å²) in [5.41, 5.74) is 1.22. The minimum Gasteiger partial charge on any atom is -0.317 e. The van der Waals surface area contributed by atoms with Crippen molar-refractivity contribution in [3.8, 4) is 0 Å². The van der Waals surface area contributed by atoms with Crippen LogP contribution in [0.2, 0.25) is 0 Å². The van der Waals surface area contributed by atoms with Crippen LogP contribution in [0.25, 0.3) is 0 Å². The van der Waals surface area contributed by atoms with E-state index in [1.165, 1.54) is 17.7 Å². The molecule has 1 aromatic rings. The quantitative estimate of drug-likeness (QED) is 0.759. The van der Waals surface area contributed by atoms with E-state index in [4.69, 9.17) is 0 Å². The van der Waals surface area contributed by atoms with Gasteiger partial charge in [-0.1, -0.05) is 32.4 Å². The minimum atomic E-state index is -0.154. The summed E-state index contributed by atoms with van der Waals surface area (Å²) in [6, 6.07) is 6.83. The van der Waals surface area contributed by atoms with Crippen molar-refractivity contribution in [3.05, 3.63) is 35.6 Å². The Morgan fingerprint density at radius 3 is 2.40 bits per heavy atom. The van der Waals surface area contributed by atoms with Crippen LogP contribution in [-0.4, -0.2) is 13.1 Å². The molecule has 0 aliphatic rings. The molecule has 84 valence electrons. The predicted octanol–water partition coefficient (Wildman–Crippen LogP) is 3.00. The Morgan fingerprint density at radius 2 is 1.87 bits per heavy atom. The van der Waals surface area contributed by atoms with E-state index in [9.17, 15) is 4.39 Å². The number of halogens is 1. The average molecular weight is 209 g/mol. The van der Waals surface area contributed by atoms with E-state index >= 15 is 0 Å². The van der Waals surface area contributed by atoms with Gasteiger partial charge in [0.15, 0.2) is 0 Å². The molecular formula is C13H20FN. The second-order valence-corrected chi connectivity index (χ2v) is 3.91. The summed E-state index contributed by atoms with van der Waals surface area (Å²) in [5, 5.41) is 3.36. The molecule has 0 saturated heterocycles. The van der Waals surface area contributed by atoms with Crippen LogP contribution >= 0.6 is 0 Å². The Morgan fingerprint density at radius 1 is 1.20 bits per heavy atom. The molecule has 0 radical (unpaired) electrons. The summed E-state index contributed by atoms with van der Waals surface area (Å²) in [7, 11) is 0. The van der Waals surface area contributed by atoms with Crippen LogP contribution in [0.15, 0.2) is 24.3 Å². The zero-order chi connectivity index (χ0) is 11.1. The van der Waals surface area contributed by atoms with Crippen molar-refractivity contribution >= 4 is 0 Å². The van der Waals surface area contributed by atoms with Gasteiger partial charge in [-0.25, -0.2) is 4.39 Å². The molecule has 15 heavy (non-hydrogen) atoms. The molecule has 0 aliphatic heterocycles. The summed E-state index contributed by atoms with van der Waals surface area (Å²) < 4.78 is 12.7. The fourth-order valence-corrected chi connectivity index (χ4v) is 1.66. The molecule has 1 unspecified atom stereocenters. The Labute approximate surface area is 91.7 Å². The lowest BCUT2D eigenvalue weighted by Crippen LogP contribution is -2.23. The first-order valence-corrected chi connectivity index (χ1v) is 5.71. The third-order valence-electron chi connectivity index (χ3n) is 2.70. The highest BCUT2D eigenvalue weighted by Crippen LogP contribution is 2.12. The molecule has 0 aliphatic carbocycles. The van der Waals surface area contributed by atoms with Crippen LogP contribution in [0.1, 0.15) is 25.8 Å². The van der Waals surface area contributed by atoms with E-state index in [1.807, 2.05) is 12.1 Å². The Bertz CT molecular complexity index is 268. The predicted molar refractivity (Wildman–Crippen MR) is 62.4 cm³/mol. The highest BCUT2D eigenvalue weighted by Gasteiger charge is 2.06. The molecule has 0 amide bonds. The fraction of sp³-hybridized carbons (Fsp3) is 0.538. The van der Waals surface area contributed by atoms with Gasteiger partial charge in [-0.15, -0.1) is 0 Å². The molecule has 1 N–H and O–H groups in total. The minimum absolute atomic E-state index is 0.154. The van der Waals surface area contributed by atoms with Crippen molar-refractivity contribution in [1.29, 1.82) is 0 Å². The van der Waals surface area contributed by atoms with Crippen molar-refractivity contribution < 1.29 is 4.39 Å². The molecule has 1 rings (SSSR count). The standard InChI is InChI=1S/C13H20FN/c1-3-11(10-15-4-2)9-12-5-7-13(14)8-6-12/h5-8,11,15H,3-4,9-10H2,1-2H3. The van der Waals surface area contributed by atoms with Crippen LogP contribution in [0.3, 0.4) is 0 Å². The summed E-state index contributed by atoms with van der Waals surface area (Å²) in [5.74, 6) is 0.494. The van der Waals surface area contributed by atoms with Crippen LogP contribution in [0, 0.1) is 11.7 Å². The van der Waals surface area contributed by atoms with Crippen molar-refractivity contribution in [3.63, 3.8) is 0 Å². The zero-order valence-electron chi connectivity index (χ0n) is 9.59. The van der Waals surface area contributed by atoms with Gasteiger partial charge in [0.25, 0.3) is 0 Å². The summed E-state index contributed by atoms with van der Waals surface area (Å²) in [6.45, 7) is 6.38. The first-order valence-electron chi connectivity index (χ1n) is 5.71. The van der Waals surface area contributed by atoms with Crippen LogP contribution in [0.4, 0.5) is 4.39 Å². The molecular weight excluding hydrogens is 189 g/mol. The van der Waals surface area contributed by atoms with E-state index < -0.39 is 0 Å². The molecule has 0 fully saturated rings. The molecule has 0 saturated carbocycles. The van der Waals surface area contributed by atoms with Crippen molar-refractivity contribution in [2.24, 2.45) is 5.92 Å². The highest BCUT2D eigenvalue weighted by molar-refractivity contribution is 5.16. The third kappa shape index (κ3) is 4.43. The Balaban J connectivity index is 2.47. The van der Waals surface area contributed by atoms with E-state index in [-0.39, 0.29) is 5.82 Å². The van der Waals surface area contributed by atoms with Gasteiger partial charge in [-0.05, 0) is 43.1 Å². The molecule has 1 nitrogen and oxygen atoms in total. The lowest BCUT2D eigenvalue weighted by Gasteiger charge is -2.15. The highest BCUT2D eigenvalue weighted by atomic mass is 19.1. The van der Waals surface area contributed by atoms with Crippen LogP contribution in [0.5, 0.6) is 0 Å². The maximum Gasteiger partial charge on any atom is 0.123 e. The van der Waals surface area contributed by atoms with Gasteiger partial charge in [-0.2, -0.15) is 0 Å². The summed E-state index contributed by atoms with van der Waals surface area (Å²) in [4.78, 5) is 0.